The van der Waals surface area contributed by atoms with E-state index in [0.29, 0.717) is 5.69 Å². The molecule has 0 aromatic heterocycles. The third-order valence-corrected chi connectivity index (χ3v) is 3.35. The molecule has 4 N–H and O–H groups in total. The molecule has 3 aromatic carbocycles. The van der Waals surface area contributed by atoms with E-state index in [-0.39, 0.29) is 11.3 Å². The molecule has 0 saturated heterocycles. The Labute approximate surface area is 121 Å². The molecule has 0 aliphatic carbocycles. The predicted molar refractivity (Wildman–Crippen MR) is 85.0 cm³/mol. The second-order valence-electron chi connectivity index (χ2n) is 4.76. The number of hydrogen-bond donors (Lipinski definition) is 3. The minimum absolute atomic E-state index is 0.0974. The fraction of sp³-hybridized carbons (Fsp3) is 0. The van der Waals surface area contributed by atoms with Gasteiger partial charge in [0.05, 0.1) is 5.56 Å². The molecule has 0 fully saturated rings. The van der Waals surface area contributed by atoms with E-state index in [2.05, 4.69) is 5.32 Å². The highest BCUT2D eigenvalue weighted by molar-refractivity contribution is 5.97. The maximum absolute atomic E-state index is 11.1. The van der Waals surface area contributed by atoms with Crippen LogP contribution >= 0.6 is 0 Å². The van der Waals surface area contributed by atoms with Crippen molar-refractivity contribution in [1.29, 1.82) is 0 Å². The van der Waals surface area contributed by atoms with Crippen LogP contribution in [0.3, 0.4) is 0 Å². The average Bonchev–Trinajstić information content (AvgIpc) is 2.49. The van der Waals surface area contributed by atoms with Crippen molar-refractivity contribution < 1.29 is 9.90 Å². The van der Waals surface area contributed by atoms with E-state index in [1.54, 1.807) is 18.2 Å². The molecule has 4 nitrogen and oxygen atoms in total. The molecule has 0 aliphatic rings. The molecule has 0 unspecified atom stereocenters. The third kappa shape index (κ3) is 2.51. The Bertz CT molecular complexity index is 823. The summed E-state index contributed by atoms with van der Waals surface area (Å²) in [6.45, 7) is 0. The predicted octanol–water partition coefficient (Wildman–Crippen LogP) is 3.86. The molecule has 0 atom stereocenters. The molecule has 3 aromatic rings. The number of anilines is 3. The van der Waals surface area contributed by atoms with Gasteiger partial charge in [-0.1, -0.05) is 36.4 Å². The van der Waals surface area contributed by atoms with Crippen LogP contribution in [0.1, 0.15) is 10.4 Å². The van der Waals surface area contributed by atoms with Gasteiger partial charge < -0.3 is 16.2 Å². The van der Waals surface area contributed by atoms with Crippen LogP contribution in [0.4, 0.5) is 17.1 Å². The van der Waals surface area contributed by atoms with Crippen molar-refractivity contribution in [3.63, 3.8) is 0 Å². The van der Waals surface area contributed by atoms with E-state index in [1.165, 1.54) is 0 Å². The van der Waals surface area contributed by atoms with Gasteiger partial charge in [-0.25, -0.2) is 4.79 Å². The highest BCUT2D eigenvalue weighted by Crippen LogP contribution is 2.27. The minimum Gasteiger partial charge on any atom is -0.478 e. The molecule has 0 saturated carbocycles. The Kier molecular flexibility index (Phi) is 3.20. The van der Waals surface area contributed by atoms with Crippen molar-refractivity contribution in [3.8, 4) is 0 Å². The van der Waals surface area contributed by atoms with Crippen molar-refractivity contribution in [1.82, 2.24) is 0 Å². The number of nitrogens with two attached hydrogens (primary N) is 1. The molecule has 0 amide bonds. The lowest BCUT2D eigenvalue weighted by Crippen LogP contribution is -2.03. The van der Waals surface area contributed by atoms with Crippen LogP contribution in [0, 0.1) is 0 Å². The number of benzene rings is 3. The molecule has 21 heavy (non-hydrogen) atoms. The maximum Gasteiger partial charge on any atom is 0.337 e. The zero-order valence-electron chi connectivity index (χ0n) is 11.2. The first kappa shape index (κ1) is 13.0. The fourth-order valence-electron chi connectivity index (χ4n) is 2.31. The summed E-state index contributed by atoms with van der Waals surface area (Å²) in [4.78, 5) is 11.1. The van der Waals surface area contributed by atoms with Gasteiger partial charge in [0.15, 0.2) is 0 Å². The largest absolute Gasteiger partial charge is 0.478 e. The molecule has 0 bridgehead atoms. The van der Waals surface area contributed by atoms with Gasteiger partial charge in [-0.3, -0.25) is 0 Å². The van der Waals surface area contributed by atoms with Gasteiger partial charge in [0, 0.05) is 22.4 Å². The Morgan fingerprint density at radius 3 is 2.57 bits per heavy atom. The van der Waals surface area contributed by atoms with Gasteiger partial charge in [0.1, 0.15) is 0 Å². The van der Waals surface area contributed by atoms with Crippen LogP contribution < -0.4 is 11.1 Å². The molecule has 4 heteroatoms. The van der Waals surface area contributed by atoms with Crippen LogP contribution in [0.25, 0.3) is 10.8 Å². The molecule has 3 rings (SSSR count). The first-order chi connectivity index (χ1) is 10.1. The van der Waals surface area contributed by atoms with Crippen molar-refractivity contribution >= 4 is 33.8 Å². The number of carboxylic acid groups (broad SMARTS) is 1. The molecular formula is C17H14N2O2. The van der Waals surface area contributed by atoms with E-state index in [0.717, 1.165) is 16.5 Å². The number of nitrogen functional groups attached to an aromatic ring is 1. The molecule has 104 valence electrons. The molecule has 0 heterocycles. The normalized spacial score (nSPS) is 10.5. The number of carbonyl (C=O) groups is 1. The summed E-state index contributed by atoms with van der Waals surface area (Å²) >= 11 is 0. The van der Waals surface area contributed by atoms with Crippen LogP contribution in [0.15, 0.2) is 60.7 Å². The summed E-state index contributed by atoms with van der Waals surface area (Å²) in [7, 11) is 0. The summed E-state index contributed by atoms with van der Waals surface area (Å²) in [5, 5.41) is 14.6. The van der Waals surface area contributed by atoms with E-state index in [4.69, 9.17) is 10.8 Å². The lowest BCUT2D eigenvalue weighted by atomic mass is 10.1. The number of fused-ring (bicyclic) bond motifs is 1. The average molecular weight is 278 g/mol. The van der Waals surface area contributed by atoms with Crippen molar-refractivity contribution in [2.75, 3.05) is 11.1 Å². The Hall–Kier alpha value is -3.01. The number of hydrogen-bond acceptors (Lipinski definition) is 3. The summed E-state index contributed by atoms with van der Waals surface area (Å²) in [5.74, 6) is -1.03. The molecule has 0 aliphatic heterocycles. The van der Waals surface area contributed by atoms with Crippen molar-refractivity contribution in [3.05, 3.63) is 66.2 Å². The van der Waals surface area contributed by atoms with Gasteiger partial charge >= 0.3 is 5.97 Å². The van der Waals surface area contributed by atoms with Crippen LogP contribution in [-0.4, -0.2) is 11.1 Å². The lowest BCUT2D eigenvalue weighted by molar-refractivity contribution is 0.0698. The molecule has 0 radical (unpaired) electrons. The third-order valence-electron chi connectivity index (χ3n) is 3.35. The highest BCUT2D eigenvalue weighted by Gasteiger charge is 2.09. The summed E-state index contributed by atoms with van der Waals surface area (Å²) in [5.41, 5.74) is 7.64. The summed E-state index contributed by atoms with van der Waals surface area (Å²) < 4.78 is 0. The zero-order valence-corrected chi connectivity index (χ0v) is 11.2. The summed E-state index contributed by atoms with van der Waals surface area (Å²) in [6, 6.07) is 18.9. The highest BCUT2D eigenvalue weighted by atomic mass is 16.4. The SMILES string of the molecule is Nc1ccc(Nc2cccc3ccccc23)cc1C(=O)O. The molecule has 0 spiro atoms. The van der Waals surface area contributed by atoms with Crippen LogP contribution in [0.2, 0.25) is 0 Å². The minimum atomic E-state index is -1.03. The van der Waals surface area contributed by atoms with Crippen LogP contribution in [-0.2, 0) is 0 Å². The first-order valence-electron chi connectivity index (χ1n) is 6.53. The monoisotopic (exact) mass is 278 g/mol. The van der Waals surface area contributed by atoms with E-state index < -0.39 is 5.97 Å². The fourth-order valence-corrected chi connectivity index (χ4v) is 2.31. The van der Waals surface area contributed by atoms with Gasteiger partial charge in [0.25, 0.3) is 0 Å². The Morgan fingerprint density at radius 2 is 1.76 bits per heavy atom. The van der Waals surface area contributed by atoms with E-state index in [1.807, 2.05) is 42.5 Å². The lowest BCUT2D eigenvalue weighted by Gasteiger charge is -2.11. The van der Waals surface area contributed by atoms with Gasteiger partial charge in [-0.05, 0) is 29.7 Å². The van der Waals surface area contributed by atoms with Gasteiger partial charge in [0.2, 0.25) is 0 Å². The maximum atomic E-state index is 11.1. The standard InChI is InChI=1S/C17H14N2O2/c18-15-9-8-12(10-14(15)17(20)21)19-16-7-3-5-11-4-1-2-6-13(11)16/h1-10,19H,18H2,(H,20,21). The van der Waals surface area contributed by atoms with Crippen molar-refractivity contribution in [2.45, 2.75) is 0 Å². The van der Waals surface area contributed by atoms with E-state index >= 15 is 0 Å². The number of rotatable bonds is 3. The Balaban J connectivity index is 2.03. The number of aromatic carboxylic acids is 1. The van der Waals surface area contributed by atoms with Crippen LogP contribution in [0.5, 0.6) is 0 Å². The number of nitrogens with one attached hydrogen (secondary N) is 1. The summed E-state index contributed by atoms with van der Waals surface area (Å²) in [6.07, 6.45) is 0. The second kappa shape index (κ2) is 5.17. The topological polar surface area (TPSA) is 75.3 Å². The number of carboxylic acids is 1. The molecular weight excluding hydrogens is 264 g/mol. The zero-order chi connectivity index (χ0) is 14.8. The second-order valence-corrected chi connectivity index (χ2v) is 4.76. The van der Waals surface area contributed by atoms with E-state index in [9.17, 15) is 4.79 Å². The quantitative estimate of drug-likeness (QED) is 0.636. The van der Waals surface area contributed by atoms with Crippen molar-refractivity contribution in [2.24, 2.45) is 0 Å². The van der Waals surface area contributed by atoms with Gasteiger partial charge in [-0.2, -0.15) is 0 Å². The van der Waals surface area contributed by atoms with Gasteiger partial charge in [-0.15, -0.1) is 0 Å². The Morgan fingerprint density at radius 1 is 1.00 bits per heavy atom. The first-order valence-corrected chi connectivity index (χ1v) is 6.53. The smallest absolute Gasteiger partial charge is 0.337 e.